The Kier molecular flexibility index (Phi) is 5.71. The molecule has 2 rings (SSSR count). The molecule has 2 aromatic rings. The Bertz CT molecular complexity index is 835. The maximum atomic E-state index is 12.4. The van der Waals surface area contributed by atoms with Gasteiger partial charge in [0.15, 0.2) is 11.3 Å². The summed E-state index contributed by atoms with van der Waals surface area (Å²) in [4.78, 5) is 23.7. The van der Waals surface area contributed by atoms with Crippen molar-refractivity contribution in [2.24, 2.45) is 17.2 Å². The van der Waals surface area contributed by atoms with Crippen molar-refractivity contribution in [3.8, 4) is 5.75 Å². The maximum absolute atomic E-state index is 12.4. The van der Waals surface area contributed by atoms with Crippen LogP contribution in [0.1, 0.15) is 21.5 Å². The van der Waals surface area contributed by atoms with Crippen LogP contribution in [0.4, 0.5) is 0 Å². The number of carboxylic acids is 1. The molecular weight excluding hydrogens is 336 g/mol. The minimum absolute atomic E-state index is 0.0358. The van der Waals surface area contributed by atoms with Crippen LogP contribution in [0, 0.1) is 5.41 Å². The zero-order chi connectivity index (χ0) is 19.3. The molecular formula is C18H20N4O4. The topological polar surface area (TPSA) is 166 Å². The molecule has 0 saturated heterocycles. The number of carboxylic acid groups (broad SMARTS) is 1. The Morgan fingerprint density at radius 1 is 1.12 bits per heavy atom. The number of carbonyl (C=O) groups excluding carboxylic acids is 1. The van der Waals surface area contributed by atoms with Crippen LogP contribution in [-0.2, 0) is 11.4 Å². The van der Waals surface area contributed by atoms with E-state index in [1.807, 2.05) is 0 Å². The molecule has 0 fully saturated rings. The van der Waals surface area contributed by atoms with Crippen molar-refractivity contribution in [3.63, 3.8) is 0 Å². The lowest BCUT2D eigenvalue weighted by atomic mass is 9.90. The SMILES string of the molecule is N=C(N)c1ccc(OCc2cccc(C(=O)C(N)(CN)C(=O)O)c2)cc1. The summed E-state index contributed by atoms with van der Waals surface area (Å²) in [6, 6.07) is 13.0. The molecule has 8 N–H and O–H groups in total. The first-order valence-corrected chi connectivity index (χ1v) is 7.71. The number of carbonyl (C=O) groups is 2. The van der Waals surface area contributed by atoms with E-state index in [9.17, 15) is 14.7 Å². The van der Waals surface area contributed by atoms with E-state index in [0.29, 0.717) is 16.9 Å². The quantitative estimate of drug-likeness (QED) is 0.198. The molecule has 136 valence electrons. The first-order valence-electron chi connectivity index (χ1n) is 7.71. The smallest absolute Gasteiger partial charge is 0.333 e. The maximum Gasteiger partial charge on any atom is 0.333 e. The number of ether oxygens (including phenoxy) is 1. The Morgan fingerprint density at radius 3 is 2.31 bits per heavy atom. The number of nitrogens with two attached hydrogens (primary N) is 3. The number of nitrogen functional groups attached to an aromatic ring is 1. The number of ketones is 1. The van der Waals surface area contributed by atoms with Crippen molar-refractivity contribution in [2.45, 2.75) is 12.1 Å². The standard InChI is InChI=1S/C18H20N4O4/c19-10-18(22,17(24)25)15(23)13-3-1-2-11(8-13)9-26-14-6-4-12(5-7-14)16(20)21/h1-8H,9-10,19,22H2,(H3,20,21)(H,24,25). The van der Waals surface area contributed by atoms with E-state index in [1.54, 1.807) is 36.4 Å². The van der Waals surface area contributed by atoms with Crippen LogP contribution >= 0.6 is 0 Å². The minimum atomic E-state index is -2.16. The molecule has 1 unspecified atom stereocenters. The zero-order valence-electron chi connectivity index (χ0n) is 13.9. The first kappa shape index (κ1) is 19.1. The van der Waals surface area contributed by atoms with Gasteiger partial charge in [-0.15, -0.1) is 0 Å². The van der Waals surface area contributed by atoms with E-state index >= 15 is 0 Å². The van der Waals surface area contributed by atoms with Gasteiger partial charge in [0.1, 0.15) is 18.2 Å². The van der Waals surface area contributed by atoms with Crippen molar-refractivity contribution in [3.05, 3.63) is 65.2 Å². The van der Waals surface area contributed by atoms with Crippen LogP contribution in [0.5, 0.6) is 5.75 Å². The van der Waals surface area contributed by atoms with Gasteiger partial charge in [0.25, 0.3) is 0 Å². The summed E-state index contributed by atoms with van der Waals surface area (Å²) >= 11 is 0. The molecule has 0 radical (unpaired) electrons. The van der Waals surface area contributed by atoms with Gasteiger partial charge in [0.2, 0.25) is 0 Å². The highest BCUT2D eigenvalue weighted by Crippen LogP contribution is 2.17. The Balaban J connectivity index is 2.13. The summed E-state index contributed by atoms with van der Waals surface area (Å²) in [6.07, 6.45) is 0. The van der Waals surface area contributed by atoms with Crippen molar-refractivity contribution in [2.75, 3.05) is 6.54 Å². The second-order valence-electron chi connectivity index (χ2n) is 5.74. The molecule has 0 aromatic heterocycles. The molecule has 0 heterocycles. The molecule has 8 nitrogen and oxygen atoms in total. The Labute approximate surface area is 150 Å². The lowest BCUT2D eigenvalue weighted by Crippen LogP contribution is -2.60. The molecule has 0 spiro atoms. The van der Waals surface area contributed by atoms with Crippen LogP contribution in [0.25, 0.3) is 0 Å². The third-order valence-corrected chi connectivity index (χ3v) is 3.87. The summed E-state index contributed by atoms with van der Waals surface area (Å²) in [5.41, 5.74) is 15.6. The highest BCUT2D eigenvalue weighted by Gasteiger charge is 2.41. The number of Topliss-reactive ketones (excluding diaryl/α,β-unsaturated/α-hetero) is 1. The molecule has 0 aliphatic rings. The first-order chi connectivity index (χ1) is 12.3. The fourth-order valence-corrected chi connectivity index (χ4v) is 2.23. The summed E-state index contributed by atoms with van der Waals surface area (Å²) in [5, 5.41) is 16.5. The van der Waals surface area contributed by atoms with Gasteiger partial charge >= 0.3 is 5.97 Å². The summed E-state index contributed by atoms with van der Waals surface area (Å²) in [5.74, 6) is -1.71. The van der Waals surface area contributed by atoms with Gasteiger partial charge in [0, 0.05) is 17.7 Å². The van der Waals surface area contributed by atoms with Crippen LogP contribution < -0.4 is 21.9 Å². The van der Waals surface area contributed by atoms with Gasteiger partial charge in [-0.3, -0.25) is 10.2 Å². The monoisotopic (exact) mass is 356 g/mol. The Hall–Kier alpha value is -3.23. The molecule has 26 heavy (non-hydrogen) atoms. The van der Waals surface area contributed by atoms with Crippen molar-refractivity contribution < 1.29 is 19.4 Å². The molecule has 1 atom stereocenters. The van der Waals surface area contributed by atoms with E-state index in [4.69, 9.17) is 27.3 Å². The minimum Gasteiger partial charge on any atom is -0.489 e. The van der Waals surface area contributed by atoms with Crippen LogP contribution in [0.15, 0.2) is 48.5 Å². The van der Waals surface area contributed by atoms with Crippen LogP contribution in [-0.4, -0.2) is 34.8 Å². The van der Waals surface area contributed by atoms with E-state index < -0.39 is 23.8 Å². The van der Waals surface area contributed by atoms with E-state index in [0.717, 1.165) is 0 Å². The molecule has 0 bridgehead atoms. The van der Waals surface area contributed by atoms with Crippen LogP contribution in [0.3, 0.4) is 0 Å². The van der Waals surface area contributed by atoms with Gasteiger partial charge in [-0.2, -0.15) is 0 Å². The predicted octanol–water partition coefficient (Wildman–Crippen LogP) is 0.473. The molecule has 2 aromatic carbocycles. The lowest BCUT2D eigenvalue weighted by molar-refractivity contribution is -0.141. The number of amidine groups is 1. The number of nitrogens with one attached hydrogen (secondary N) is 1. The second kappa shape index (κ2) is 7.77. The normalized spacial score (nSPS) is 12.8. The zero-order valence-corrected chi connectivity index (χ0v) is 13.9. The molecule has 8 heteroatoms. The average molecular weight is 356 g/mol. The van der Waals surface area contributed by atoms with Crippen LogP contribution in [0.2, 0.25) is 0 Å². The summed E-state index contributed by atoms with van der Waals surface area (Å²) in [6.45, 7) is -0.349. The predicted molar refractivity (Wildman–Crippen MR) is 96.2 cm³/mol. The second-order valence-corrected chi connectivity index (χ2v) is 5.74. The van der Waals surface area contributed by atoms with Gasteiger partial charge in [-0.05, 0) is 35.9 Å². The average Bonchev–Trinajstić information content (AvgIpc) is 2.65. The fraction of sp³-hybridized carbons (Fsp3) is 0.167. The van der Waals surface area contributed by atoms with Gasteiger partial charge < -0.3 is 27.0 Å². The summed E-state index contributed by atoms with van der Waals surface area (Å²) < 4.78 is 5.63. The van der Waals surface area contributed by atoms with Crippen molar-refractivity contribution >= 4 is 17.6 Å². The largest absolute Gasteiger partial charge is 0.489 e. The Morgan fingerprint density at radius 2 is 1.77 bits per heavy atom. The van der Waals surface area contributed by atoms with E-state index in [-0.39, 0.29) is 18.0 Å². The lowest BCUT2D eigenvalue weighted by Gasteiger charge is -2.21. The third-order valence-electron chi connectivity index (χ3n) is 3.87. The third kappa shape index (κ3) is 4.05. The highest BCUT2D eigenvalue weighted by atomic mass is 16.5. The molecule has 0 saturated carbocycles. The number of hydrogen-bond donors (Lipinski definition) is 5. The van der Waals surface area contributed by atoms with Gasteiger partial charge in [0.05, 0.1) is 0 Å². The summed E-state index contributed by atoms with van der Waals surface area (Å²) in [7, 11) is 0. The van der Waals surface area contributed by atoms with Crippen molar-refractivity contribution in [1.82, 2.24) is 0 Å². The molecule has 0 aliphatic heterocycles. The number of hydrogen-bond acceptors (Lipinski definition) is 6. The highest BCUT2D eigenvalue weighted by molar-refractivity contribution is 6.16. The van der Waals surface area contributed by atoms with Gasteiger partial charge in [-0.25, -0.2) is 4.79 Å². The number of aliphatic carboxylic acids is 1. The number of benzene rings is 2. The van der Waals surface area contributed by atoms with E-state index in [2.05, 4.69) is 0 Å². The molecule has 0 aliphatic carbocycles. The van der Waals surface area contributed by atoms with E-state index in [1.165, 1.54) is 12.1 Å². The van der Waals surface area contributed by atoms with Gasteiger partial charge in [-0.1, -0.05) is 18.2 Å². The molecule has 0 amide bonds. The van der Waals surface area contributed by atoms with Crippen molar-refractivity contribution in [1.29, 1.82) is 5.41 Å². The fourth-order valence-electron chi connectivity index (χ4n) is 2.23. The number of rotatable bonds is 8.